The summed E-state index contributed by atoms with van der Waals surface area (Å²) in [5.41, 5.74) is 0.361. The third kappa shape index (κ3) is 3.96. The molecule has 3 rings (SSSR count). The van der Waals surface area contributed by atoms with E-state index >= 15 is 0 Å². The van der Waals surface area contributed by atoms with Crippen molar-refractivity contribution in [3.05, 3.63) is 23.8 Å². The third-order valence-electron chi connectivity index (χ3n) is 5.09. The Kier molecular flexibility index (Phi) is 5.04. The zero-order valence-electron chi connectivity index (χ0n) is 14.0. The van der Waals surface area contributed by atoms with Crippen molar-refractivity contribution in [1.29, 1.82) is 0 Å². The zero-order chi connectivity index (χ0) is 18.1. The number of phenolic OH excluding ortho intramolecular Hbond substituents is 1. The van der Waals surface area contributed by atoms with Gasteiger partial charge < -0.3 is 15.0 Å². The van der Waals surface area contributed by atoms with Gasteiger partial charge in [0.05, 0.1) is 23.9 Å². The summed E-state index contributed by atoms with van der Waals surface area (Å²) in [4.78, 5) is 10.8. The second kappa shape index (κ2) is 6.93. The monoisotopic (exact) mass is 368 g/mol. The number of aliphatic hydroxyl groups is 1. The maximum atomic E-state index is 12.1. The highest BCUT2D eigenvalue weighted by atomic mass is 32.2. The summed E-state index contributed by atoms with van der Waals surface area (Å²) in [5, 5.41) is 20.8. The maximum absolute atomic E-state index is 12.1. The van der Waals surface area contributed by atoms with E-state index in [1.54, 1.807) is 12.1 Å². The molecule has 0 radical (unpaired) electrons. The van der Waals surface area contributed by atoms with Crippen LogP contribution in [0.25, 0.3) is 0 Å². The van der Waals surface area contributed by atoms with E-state index in [9.17, 15) is 23.4 Å². The van der Waals surface area contributed by atoms with Gasteiger partial charge in [-0.3, -0.25) is 4.31 Å². The minimum absolute atomic E-state index is 0.0432. The fraction of sp³-hybridized carbons (Fsp3) is 0.588. The van der Waals surface area contributed by atoms with Crippen molar-refractivity contribution in [2.45, 2.75) is 56.6 Å². The first-order valence-corrected chi connectivity index (χ1v) is 10.1. The number of phenols is 1. The number of aromatic hydroxyl groups is 1. The lowest BCUT2D eigenvalue weighted by Crippen LogP contribution is -2.31. The number of carbonyl (C=O) groups excluding carboxylic acids is 1. The van der Waals surface area contributed by atoms with Gasteiger partial charge >= 0.3 is 10.2 Å². The molecule has 0 spiro atoms. The molecule has 2 aliphatic rings. The Hall–Kier alpha value is -1.64. The predicted octanol–water partition coefficient (Wildman–Crippen LogP) is 1.24. The van der Waals surface area contributed by atoms with Crippen LogP contribution in [0.1, 0.15) is 44.1 Å². The molecule has 1 atom stereocenters. The average molecular weight is 368 g/mol. The Bertz CT molecular complexity index is 743. The second-order valence-corrected chi connectivity index (χ2v) is 8.63. The van der Waals surface area contributed by atoms with Crippen molar-refractivity contribution in [2.75, 3.05) is 10.8 Å². The van der Waals surface area contributed by atoms with Gasteiger partial charge in [-0.2, -0.15) is 13.1 Å². The summed E-state index contributed by atoms with van der Waals surface area (Å²) in [5.74, 6) is -0.148. The summed E-state index contributed by atoms with van der Waals surface area (Å²) in [7, 11) is -3.82. The van der Waals surface area contributed by atoms with Gasteiger partial charge in [0.2, 0.25) is 0 Å². The van der Waals surface area contributed by atoms with Crippen LogP contribution < -0.4 is 9.03 Å². The number of nitrogens with one attached hydrogen (secondary N) is 1. The largest absolute Gasteiger partial charge is 0.506 e. The van der Waals surface area contributed by atoms with E-state index in [0.717, 1.165) is 42.0 Å². The number of aryl methyl sites for hydroxylation is 1. The quantitative estimate of drug-likeness (QED) is 0.678. The van der Waals surface area contributed by atoms with Crippen LogP contribution in [0.3, 0.4) is 0 Å². The Labute approximate surface area is 147 Å². The van der Waals surface area contributed by atoms with Gasteiger partial charge in [-0.05, 0) is 43.4 Å². The standard InChI is InChI=1S/C17H24N2O5S/c20-12-14-11-19(25(23,24)18-14)15-5-4-13(10-16(15)21)6-9-17(22)7-2-1-3-8-17/h4-5,10,12,14,18,21-22H,1-3,6-9,11H2. The minimum atomic E-state index is -3.82. The number of aldehydes is 1. The second-order valence-electron chi connectivity index (χ2n) is 7.00. The first-order valence-electron chi connectivity index (χ1n) is 8.63. The van der Waals surface area contributed by atoms with Crippen molar-refractivity contribution >= 4 is 22.2 Å². The van der Waals surface area contributed by atoms with Gasteiger partial charge in [-0.25, -0.2) is 0 Å². The highest BCUT2D eigenvalue weighted by Gasteiger charge is 2.36. The number of anilines is 1. The van der Waals surface area contributed by atoms with E-state index < -0.39 is 21.9 Å². The number of nitrogens with zero attached hydrogens (tertiary/aromatic N) is 1. The molecule has 1 aliphatic carbocycles. The molecule has 7 nitrogen and oxygen atoms in total. The van der Waals surface area contributed by atoms with E-state index in [1.807, 2.05) is 0 Å². The Morgan fingerprint density at radius 3 is 2.60 bits per heavy atom. The fourth-order valence-corrected chi connectivity index (χ4v) is 5.05. The Morgan fingerprint density at radius 1 is 1.28 bits per heavy atom. The molecule has 2 fully saturated rings. The van der Waals surface area contributed by atoms with Crippen molar-refractivity contribution in [2.24, 2.45) is 0 Å². The van der Waals surface area contributed by atoms with E-state index in [-0.39, 0.29) is 18.0 Å². The number of hydrogen-bond donors (Lipinski definition) is 3. The van der Waals surface area contributed by atoms with E-state index in [0.29, 0.717) is 19.1 Å². The van der Waals surface area contributed by atoms with Gasteiger partial charge in [0.25, 0.3) is 0 Å². The van der Waals surface area contributed by atoms with Crippen LogP contribution in [0.5, 0.6) is 5.75 Å². The molecule has 8 heteroatoms. The summed E-state index contributed by atoms with van der Waals surface area (Å²) >= 11 is 0. The van der Waals surface area contributed by atoms with Crippen molar-refractivity contribution < 1.29 is 23.4 Å². The van der Waals surface area contributed by atoms with Crippen molar-refractivity contribution in [1.82, 2.24) is 4.72 Å². The van der Waals surface area contributed by atoms with Gasteiger partial charge in [-0.1, -0.05) is 25.3 Å². The molecule has 25 heavy (non-hydrogen) atoms. The van der Waals surface area contributed by atoms with Gasteiger partial charge in [0, 0.05) is 0 Å². The van der Waals surface area contributed by atoms with Crippen LogP contribution in [-0.2, 0) is 21.4 Å². The molecule has 0 amide bonds. The molecule has 1 aliphatic heterocycles. The topological polar surface area (TPSA) is 107 Å². The molecule has 1 unspecified atom stereocenters. The number of benzene rings is 1. The first-order chi connectivity index (χ1) is 11.8. The van der Waals surface area contributed by atoms with Crippen LogP contribution in [0.2, 0.25) is 0 Å². The molecule has 0 bridgehead atoms. The molecular formula is C17H24N2O5S. The lowest BCUT2D eigenvalue weighted by Gasteiger charge is -2.32. The van der Waals surface area contributed by atoms with Crippen molar-refractivity contribution in [3.63, 3.8) is 0 Å². The summed E-state index contributed by atoms with van der Waals surface area (Å²) in [6, 6.07) is 4.02. The Morgan fingerprint density at radius 2 is 2.00 bits per heavy atom. The summed E-state index contributed by atoms with van der Waals surface area (Å²) in [6.07, 6.45) is 6.64. The lowest BCUT2D eigenvalue weighted by atomic mass is 9.81. The van der Waals surface area contributed by atoms with E-state index in [1.165, 1.54) is 6.07 Å². The molecule has 1 saturated heterocycles. The SMILES string of the molecule is O=CC1CN(c2ccc(CCC3(O)CCCCC3)cc2O)S(=O)(=O)N1. The summed E-state index contributed by atoms with van der Waals surface area (Å²) in [6.45, 7) is -0.0432. The lowest BCUT2D eigenvalue weighted by molar-refractivity contribution is -0.108. The smallest absolute Gasteiger partial charge is 0.302 e. The van der Waals surface area contributed by atoms with Gasteiger partial charge in [0.15, 0.2) is 0 Å². The van der Waals surface area contributed by atoms with Crippen LogP contribution >= 0.6 is 0 Å². The predicted molar refractivity (Wildman–Crippen MR) is 93.7 cm³/mol. The minimum Gasteiger partial charge on any atom is -0.506 e. The number of carbonyl (C=O) groups is 1. The molecule has 1 heterocycles. The van der Waals surface area contributed by atoms with Crippen LogP contribution in [-0.4, -0.2) is 43.1 Å². The van der Waals surface area contributed by atoms with Gasteiger partial charge in [-0.15, -0.1) is 0 Å². The molecule has 0 aromatic heterocycles. The summed E-state index contributed by atoms with van der Waals surface area (Å²) < 4.78 is 27.3. The molecule has 1 aromatic carbocycles. The van der Waals surface area contributed by atoms with Crippen LogP contribution in [0, 0.1) is 0 Å². The van der Waals surface area contributed by atoms with Crippen molar-refractivity contribution in [3.8, 4) is 5.75 Å². The molecule has 3 N–H and O–H groups in total. The average Bonchev–Trinajstić information content (AvgIpc) is 2.88. The zero-order valence-corrected chi connectivity index (χ0v) is 14.8. The highest BCUT2D eigenvalue weighted by Crippen LogP contribution is 2.35. The van der Waals surface area contributed by atoms with E-state index in [2.05, 4.69) is 4.72 Å². The third-order valence-corrected chi connectivity index (χ3v) is 6.62. The normalized spacial score (nSPS) is 25.0. The fourth-order valence-electron chi connectivity index (χ4n) is 3.64. The molecule has 1 aromatic rings. The van der Waals surface area contributed by atoms with Crippen LogP contribution in [0.15, 0.2) is 18.2 Å². The maximum Gasteiger partial charge on any atom is 0.302 e. The number of hydrogen-bond acceptors (Lipinski definition) is 5. The molecular weight excluding hydrogens is 344 g/mol. The van der Waals surface area contributed by atoms with Crippen LogP contribution in [0.4, 0.5) is 5.69 Å². The Balaban J connectivity index is 1.72. The number of rotatable bonds is 5. The highest BCUT2D eigenvalue weighted by molar-refractivity contribution is 7.91. The van der Waals surface area contributed by atoms with Gasteiger partial charge in [0.1, 0.15) is 12.0 Å². The first kappa shape index (κ1) is 18.2. The molecule has 138 valence electrons. The van der Waals surface area contributed by atoms with E-state index in [4.69, 9.17) is 0 Å². The molecule has 1 saturated carbocycles.